The van der Waals surface area contributed by atoms with Crippen LogP contribution in [0, 0.1) is 12.8 Å². The number of likely N-dealkylation sites (tertiary alicyclic amines) is 1. The van der Waals surface area contributed by atoms with E-state index in [1.807, 2.05) is 24.0 Å². The third kappa shape index (κ3) is 2.70. The molecule has 1 aromatic heterocycles. The van der Waals surface area contributed by atoms with Gasteiger partial charge >= 0.3 is 0 Å². The average Bonchev–Trinajstić information content (AvgIpc) is 2.38. The van der Waals surface area contributed by atoms with E-state index in [0.717, 1.165) is 31.6 Å². The van der Waals surface area contributed by atoms with Crippen LogP contribution in [0.2, 0.25) is 0 Å². The second kappa shape index (κ2) is 5.48. The van der Waals surface area contributed by atoms with Crippen molar-refractivity contribution >= 4 is 5.91 Å². The summed E-state index contributed by atoms with van der Waals surface area (Å²) in [5.74, 6) is 0.441. The first-order valence-electron chi connectivity index (χ1n) is 6.60. The maximum absolute atomic E-state index is 12.3. The van der Waals surface area contributed by atoms with E-state index in [-0.39, 0.29) is 11.9 Å². The molecule has 1 aliphatic rings. The van der Waals surface area contributed by atoms with Gasteiger partial charge in [0.25, 0.3) is 5.91 Å². The molecule has 98 valence electrons. The van der Waals surface area contributed by atoms with Gasteiger partial charge in [-0.1, -0.05) is 19.4 Å². The van der Waals surface area contributed by atoms with Crippen molar-refractivity contribution < 1.29 is 4.79 Å². The van der Waals surface area contributed by atoms with Crippen molar-refractivity contribution in [3.05, 3.63) is 29.6 Å². The summed E-state index contributed by atoms with van der Waals surface area (Å²) in [7, 11) is 0. The molecule has 0 saturated carbocycles. The van der Waals surface area contributed by atoms with Gasteiger partial charge in [0.15, 0.2) is 0 Å². The molecule has 0 aliphatic carbocycles. The van der Waals surface area contributed by atoms with E-state index in [1.165, 1.54) is 0 Å². The van der Waals surface area contributed by atoms with Gasteiger partial charge in [0.05, 0.1) is 0 Å². The van der Waals surface area contributed by atoms with E-state index in [4.69, 9.17) is 5.73 Å². The second-order valence-corrected chi connectivity index (χ2v) is 5.04. The number of carbonyl (C=O) groups is 1. The molecule has 1 aliphatic heterocycles. The number of aromatic nitrogens is 1. The van der Waals surface area contributed by atoms with E-state index in [0.29, 0.717) is 11.6 Å². The van der Waals surface area contributed by atoms with Crippen molar-refractivity contribution in [2.24, 2.45) is 11.7 Å². The molecule has 2 N–H and O–H groups in total. The molecule has 0 aromatic carbocycles. The zero-order chi connectivity index (χ0) is 13.1. The smallest absolute Gasteiger partial charge is 0.272 e. The number of piperidine rings is 1. The fraction of sp³-hybridized carbons (Fsp3) is 0.571. The Kier molecular flexibility index (Phi) is 3.97. The quantitative estimate of drug-likeness (QED) is 0.863. The lowest BCUT2D eigenvalue weighted by Gasteiger charge is -2.36. The third-order valence-corrected chi connectivity index (χ3v) is 3.71. The van der Waals surface area contributed by atoms with Gasteiger partial charge in [0, 0.05) is 24.8 Å². The van der Waals surface area contributed by atoms with Gasteiger partial charge in [-0.3, -0.25) is 4.79 Å². The van der Waals surface area contributed by atoms with Crippen LogP contribution in [-0.4, -0.2) is 34.9 Å². The Hall–Kier alpha value is -1.42. The van der Waals surface area contributed by atoms with Crippen molar-refractivity contribution in [3.8, 4) is 0 Å². The number of nitrogens with two attached hydrogens (primary N) is 1. The van der Waals surface area contributed by atoms with Crippen LogP contribution in [0.25, 0.3) is 0 Å². The highest BCUT2D eigenvalue weighted by molar-refractivity contribution is 5.92. The molecule has 2 heterocycles. The first-order valence-corrected chi connectivity index (χ1v) is 6.60. The summed E-state index contributed by atoms with van der Waals surface area (Å²) < 4.78 is 0. The number of amides is 1. The van der Waals surface area contributed by atoms with Crippen LogP contribution >= 0.6 is 0 Å². The van der Waals surface area contributed by atoms with Crippen molar-refractivity contribution in [1.82, 2.24) is 9.88 Å². The molecule has 0 radical (unpaired) electrons. The van der Waals surface area contributed by atoms with Gasteiger partial charge < -0.3 is 10.6 Å². The summed E-state index contributed by atoms with van der Waals surface area (Å²) in [4.78, 5) is 18.5. The Morgan fingerprint density at radius 1 is 1.56 bits per heavy atom. The summed E-state index contributed by atoms with van der Waals surface area (Å²) in [5.41, 5.74) is 7.48. The van der Waals surface area contributed by atoms with Gasteiger partial charge in [-0.05, 0) is 31.4 Å². The lowest BCUT2D eigenvalue weighted by molar-refractivity contribution is 0.0643. The maximum Gasteiger partial charge on any atom is 0.272 e. The number of hydrogen-bond acceptors (Lipinski definition) is 3. The summed E-state index contributed by atoms with van der Waals surface area (Å²) in [5, 5.41) is 0. The van der Waals surface area contributed by atoms with Crippen molar-refractivity contribution in [2.45, 2.75) is 32.7 Å². The van der Waals surface area contributed by atoms with Crippen molar-refractivity contribution in [3.63, 3.8) is 0 Å². The minimum atomic E-state index is 0.0315. The Labute approximate surface area is 108 Å². The van der Waals surface area contributed by atoms with Gasteiger partial charge in [0.1, 0.15) is 5.69 Å². The highest BCUT2D eigenvalue weighted by Crippen LogP contribution is 2.19. The van der Waals surface area contributed by atoms with Crippen LogP contribution in [0.3, 0.4) is 0 Å². The van der Waals surface area contributed by atoms with Gasteiger partial charge in [-0.15, -0.1) is 0 Å². The topological polar surface area (TPSA) is 59.2 Å². The predicted molar refractivity (Wildman–Crippen MR) is 71.3 cm³/mol. The average molecular weight is 247 g/mol. The van der Waals surface area contributed by atoms with Crippen LogP contribution in [0.5, 0.6) is 0 Å². The highest BCUT2D eigenvalue weighted by Gasteiger charge is 2.28. The Morgan fingerprint density at radius 3 is 3.00 bits per heavy atom. The van der Waals surface area contributed by atoms with E-state index in [1.54, 1.807) is 6.07 Å². The molecule has 1 saturated heterocycles. The second-order valence-electron chi connectivity index (χ2n) is 5.04. The number of hydrogen-bond donors (Lipinski definition) is 1. The lowest BCUT2D eigenvalue weighted by Crippen LogP contribution is -2.49. The number of nitrogens with zero attached hydrogens (tertiary/aromatic N) is 2. The fourth-order valence-corrected chi connectivity index (χ4v) is 2.49. The summed E-state index contributed by atoms with van der Waals surface area (Å²) in [6.45, 7) is 5.53. The minimum Gasteiger partial charge on any atom is -0.337 e. The molecular weight excluding hydrogens is 226 g/mol. The number of carbonyl (C=O) groups excluding carboxylic acids is 1. The predicted octanol–water partition coefficient (Wildman–Crippen LogP) is 1.59. The van der Waals surface area contributed by atoms with E-state index in [2.05, 4.69) is 11.9 Å². The molecule has 4 heteroatoms. The molecule has 2 unspecified atom stereocenters. The summed E-state index contributed by atoms with van der Waals surface area (Å²) in [6, 6.07) is 5.79. The Bertz CT molecular complexity index is 433. The minimum absolute atomic E-state index is 0.0315. The molecular formula is C14H21N3O. The van der Waals surface area contributed by atoms with Crippen molar-refractivity contribution in [2.75, 3.05) is 13.1 Å². The van der Waals surface area contributed by atoms with Crippen LogP contribution in [0.4, 0.5) is 0 Å². The van der Waals surface area contributed by atoms with Gasteiger partial charge in [0.2, 0.25) is 0 Å². The Morgan fingerprint density at radius 2 is 2.33 bits per heavy atom. The molecule has 18 heavy (non-hydrogen) atoms. The summed E-state index contributed by atoms with van der Waals surface area (Å²) >= 11 is 0. The maximum atomic E-state index is 12.3. The first-order chi connectivity index (χ1) is 8.61. The molecule has 1 fully saturated rings. The molecule has 0 spiro atoms. The van der Waals surface area contributed by atoms with E-state index >= 15 is 0 Å². The molecule has 2 atom stereocenters. The Balaban J connectivity index is 2.10. The largest absolute Gasteiger partial charge is 0.337 e. The number of aryl methyl sites for hydroxylation is 1. The highest BCUT2D eigenvalue weighted by atomic mass is 16.2. The van der Waals surface area contributed by atoms with Crippen LogP contribution in [-0.2, 0) is 0 Å². The van der Waals surface area contributed by atoms with Gasteiger partial charge in [-0.25, -0.2) is 4.98 Å². The lowest BCUT2D eigenvalue weighted by atomic mass is 9.90. The SMILES string of the molecule is CCC1CN(C(=O)c2cccc(C)n2)CCC1N. The zero-order valence-corrected chi connectivity index (χ0v) is 11.1. The molecule has 1 aromatic rings. The zero-order valence-electron chi connectivity index (χ0n) is 11.1. The van der Waals surface area contributed by atoms with E-state index in [9.17, 15) is 4.79 Å². The van der Waals surface area contributed by atoms with Gasteiger partial charge in [-0.2, -0.15) is 0 Å². The molecule has 1 amide bonds. The standard InChI is InChI=1S/C14H21N3O/c1-3-11-9-17(8-7-12(11)15)14(18)13-6-4-5-10(2)16-13/h4-6,11-12H,3,7-9,15H2,1-2H3. The molecule has 2 rings (SSSR count). The normalized spacial score (nSPS) is 24.1. The van der Waals surface area contributed by atoms with E-state index < -0.39 is 0 Å². The number of rotatable bonds is 2. The molecule has 0 bridgehead atoms. The van der Waals surface area contributed by atoms with Crippen LogP contribution in [0.15, 0.2) is 18.2 Å². The summed E-state index contributed by atoms with van der Waals surface area (Å²) in [6.07, 6.45) is 1.91. The molecule has 4 nitrogen and oxygen atoms in total. The fourth-order valence-electron chi connectivity index (χ4n) is 2.49. The third-order valence-electron chi connectivity index (χ3n) is 3.71. The van der Waals surface area contributed by atoms with Crippen LogP contribution in [0.1, 0.15) is 35.9 Å². The number of pyridine rings is 1. The monoisotopic (exact) mass is 247 g/mol. The van der Waals surface area contributed by atoms with Crippen LogP contribution < -0.4 is 5.73 Å². The van der Waals surface area contributed by atoms with Crippen molar-refractivity contribution in [1.29, 1.82) is 0 Å². The first kappa shape index (κ1) is 13.0.